The highest BCUT2D eigenvalue weighted by atomic mass is 32.2. The van der Waals surface area contributed by atoms with E-state index >= 15 is 0 Å². The predicted octanol–water partition coefficient (Wildman–Crippen LogP) is 0.154. The highest BCUT2D eigenvalue weighted by Crippen LogP contribution is 2.33. The van der Waals surface area contributed by atoms with Gasteiger partial charge in [0.1, 0.15) is 0 Å². The first kappa shape index (κ1) is 11.7. The van der Waals surface area contributed by atoms with Crippen LogP contribution in [0.3, 0.4) is 0 Å². The van der Waals surface area contributed by atoms with Crippen molar-refractivity contribution in [1.29, 1.82) is 0 Å². The number of nitrogens with one attached hydrogen (secondary N) is 2. The molecule has 0 aromatic carbocycles. The summed E-state index contributed by atoms with van der Waals surface area (Å²) < 4.78 is 11.2. The Morgan fingerprint density at radius 3 is 2.53 bits per heavy atom. The molecule has 4 nitrogen and oxygen atoms in total. The van der Waals surface area contributed by atoms with Crippen molar-refractivity contribution in [3.8, 4) is 0 Å². The Morgan fingerprint density at radius 2 is 1.94 bits per heavy atom. The highest BCUT2D eigenvalue weighted by molar-refractivity contribution is 7.85. The lowest BCUT2D eigenvalue weighted by molar-refractivity contribution is -0.126. The van der Waals surface area contributed by atoms with E-state index in [0.29, 0.717) is 12.1 Å². The quantitative estimate of drug-likeness (QED) is 0.739. The van der Waals surface area contributed by atoms with E-state index < -0.39 is 10.8 Å². The summed E-state index contributed by atoms with van der Waals surface area (Å²) >= 11 is 0. The number of carbonyl (C=O) groups excluding carboxylic acids is 1. The third kappa shape index (κ3) is 2.40. The van der Waals surface area contributed by atoms with E-state index in [0.717, 1.165) is 37.2 Å². The van der Waals surface area contributed by atoms with Gasteiger partial charge < -0.3 is 10.6 Å². The lowest BCUT2D eigenvalue weighted by atomic mass is 9.88. The summed E-state index contributed by atoms with van der Waals surface area (Å²) in [4.78, 5) is 12.2. The molecule has 0 spiro atoms. The maximum Gasteiger partial charge on any atom is 0.224 e. The lowest BCUT2D eigenvalue weighted by Gasteiger charge is -2.26. The average molecular weight is 256 g/mol. The van der Waals surface area contributed by atoms with Crippen LogP contribution in [0.2, 0.25) is 0 Å². The fraction of sp³-hybridized carbons (Fsp3) is 0.917. The van der Waals surface area contributed by atoms with E-state index in [-0.39, 0.29) is 17.9 Å². The molecule has 5 heteroatoms. The number of hydrogen-bond donors (Lipinski definition) is 2. The first-order chi connectivity index (χ1) is 8.22. The maximum absolute atomic E-state index is 12.2. The summed E-state index contributed by atoms with van der Waals surface area (Å²) in [5.74, 6) is 1.91. The van der Waals surface area contributed by atoms with Crippen molar-refractivity contribution >= 4 is 16.7 Å². The van der Waals surface area contributed by atoms with Gasteiger partial charge in [-0.15, -0.1) is 0 Å². The second-order valence-corrected chi connectivity index (χ2v) is 7.22. The van der Waals surface area contributed by atoms with E-state index in [2.05, 4.69) is 10.6 Å². The van der Waals surface area contributed by atoms with Gasteiger partial charge in [-0.3, -0.25) is 9.00 Å². The Bertz CT molecular complexity index is 337. The summed E-state index contributed by atoms with van der Waals surface area (Å²) in [6.45, 7) is 0. The van der Waals surface area contributed by atoms with E-state index in [1.54, 1.807) is 0 Å². The highest BCUT2D eigenvalue weighted by Gasteiger charge is 2.43. The number of fused-ring (bicyclic) bond motifs is 2. The van der Waals surface area contributed by atoms with Crippen LogP contribution in [0.15, 0.2) is 0 Å². The third-order valence-corrected chi connectivity index (χ3v) is 5.75. The Morgan fingerprint density at radius 1 is 1.18 bits per heavy atom. The predicted molar refractivity (Wildman–Crippen MR) is 67.1 cm³/mol. The SMILES string of the molecule is O=C(NC1CCS(=O)CC1)C1CC2CCC1N2. The van der Waals surface area contributed by atoms with Crippen LogP contribution < -0.4 is 10.6 Å². The number of carbonyl (C=O) groups is 1. The average Bonchev–Trinajstić information content (AvgIpc) is 2.94. The number of amides is 1. The van der Waals surface area contributed by atoms with Gasteiger partial charge in [0, 0.05) is 40.4 Å². The molecule has 3 fully saturated rings. The van der Waals surface area contributed by atoms with Crippen molar-refractivity contribution in [3.63, 3.8) is 0 Å². The van der Waals surface area contributed by atoms with Gasteiger partial charge in [-0.05, 0) is 32.1 Å². The zero-order valence-electron chi connectivity index (χ0n) is 9.98. The van der Waals surface area contributed by atoms with Crippen LogP contribution in [0.5, 0.6) is 0 Å². The molecule has 3 aliphatic heterocycles. The maximum atomic E-state index is 12.2. The molecule has 96 valence electrons. The monoisotopic (exact) mass is 256 g/mol. The summed E-state index contributed by atoms with van der Waals surface area (Å²) in [5.41, 5.74) is 0. The largest absolute Gasteiger partial charge is 0.353 e. The van der Waals surface area contributed by atoms with Crippen LogP contribution in [-0.2, 0) is 15.6 Å². The minimum atomic E-state index is -0.643. The molecule has 2 bridgehead atoms. The van der Waals surface area contributed by atoms with Crippen molar-refractivity contribution in [2.75, 3.05) is 11.5 Å². The van der Waals surface area contributed by atoms with Gasteiger partial charge in [0.2, 0.25) is 5.91 Å². The molecule has 3 unspecified atom stereocenters. The molecule has 3 rings (SSSR count). The Labute approximate surface area is 104 Å². The van der Waals surface area contributed by atoms with Crippen LogP contribution >= 0.6 is 0 Å². The first-order valence-electron chi connectivity index (χ1n) is 6.64. The fourth-order valence-corrected chi connectivity index (χ4v) is 4.66. The summed E-state index contributed by atoms with van der Waals surface area (Å²) in [5, 5.41) is 6.65. The van der Waals surface area contributed by atoms with Gasteiger partial charge in [0.25, 0.3) is 0 Å². The van der Waals surface area contributed by atoms with Gasteiger partial charge in [-0.1, -0.05) is 0 Å². The van der Waals surface area contributed by atoms with Crippen molar-refractivity contribution in [2.45, 2.75) is 50.2 Å². The molecular weight excluding hydrogens is 236 g/mol. The third-order valence-electron chi connectivity index (χ3n) is 4.37. The lowest BCUT2D eigenvalue weighted by Crippen LogP contribution is -2.45. The van der Waals surface area contributed by atoms with E-state index in [1.807, 2.05) is 0 Å². The molecular formula is C12H20N2O2S. The molecule has 3 saturated heterocycles. The molecule has 3 heterocycles. The molecule has 0 saturated carbocycles. The van der Waals surface area contributed by atoms with Crippen molar-refractivity contribution in [3.05, 3.63) is 0 Å². The van der Waals surface area contributed by atoms with Gasteiger partial charge in [-0.25, -0.2) is 0 Å². The van der Waals surface area contributed by atoms with Gasteiger partial charge in [0.05, 0.1) is 5.92 Å². The van der Waals surface area contributed by atoms with E-state index in [9.17, 15) is 9.00 Å². The minimum absolute atomic E-state index is 0.182. The van der Waals surface area contributed by atoms with Gasteiger partial charge in [0.15, 0.2) is 0 Å². The molecule has 17 heavy (non-hydrogen) atoms. The van der Waals surface area contributed by atoms with Crippen molar-refractivity contribution < 1.29 is 9.00 Å². The number of hydrogen-bond acceptors (Lipinski definition) is 3. The van der Waals surface area contributed by atoms with Gasteiger partial charge >= 0.3 is 0 Å². The summed E-state index contributed by atoms with van der Waals surface area (Å²) in [7, 11) is -0.643. The second kappa shape index (κ2) is 4.69. The summed E-state index contributed by atoms with van der Waals surface area (Å²) in [6, 6.07) is 1.26. The Balaban J connectivity index is 1.52. The molecule has 3 atom stereocenters. The van der Waals surface area contributed by atoms with Crippen LogP contribution in [0.25, 0.3) is 0 Å². The van der Waals surface area contributed by atoms with E-state index in [4.69, 9.17) is 0 Å². The fourth-order valence-electron chi connectivity index (χ4n) is 3.36. The molecule has 0 aromatic heterocycles. The van der Waals surface area contributed by atoms with Crippen LogP contribution in [0.4, 0.5) is 0 Å². The zero-order chi connectivity index (χ0) is 11.8. The molecule has 0 aliphatic carbocycles. The minimum Gasteiger partial charge on any atom is -0.353 e. The standard InChI is InChI=1S/C12H20N2O2S/c15-12(10-7-9-1-2-11(10)13-9)14-8-3-5-17(16)6-4-8/h8-11,13H,1-7H2,(H,14,15). The molecule has 0 aromatic rings. The van der Waals surface area contributed by atoms with Crippen molar-refractivity contribution in [1.82, 2.24) is 10.6 Å². The number of rotatable bonds is 2. The normalized spacial score (nSPS) is 44.8. The van der Waals surface area contributed by atoms with Crippen LogP contribution in [0.1, 0.15) is 32.1 Å². The topological polar surface area (TPSA) is 58.2 Å². The van der Waals surface area contributed by atoms with Crippen LogP contribution in [0, 0.1) is 5.92 Å². The zero-order valence-corrected chi connectivity index (χ0v) is 10.8. The smallest absolute Gasteiger partial charge is 0.224 e. The second-order valence-electron chi connectivity index (χ2n) is 5.52. The Kier molecular flexibility index (Phi) is 3.21. The van der Waals surface area contributed by atoms with E-state index in [1.165, 1.54) is 6.42 Å². The molecule has 3 aliphatic rings. The molecule has 2 N–H and O–H groups in total. The summed E-state index contributed by atoms with van der Waals surface area (Å²) in [6.07, 6.45) is 5.16. The molecule has 0 radical (unpaired) electrons. The molecule has 1 amide bonds. The van der Waals surface area contributed by atoms with Gasteiger partial charge in [-0.2, -0.15) is 0 Å². The first-order valence-corrected chi connectivity index (χ1v) is 8.12. The Hall–Kier alpha value is -0.420. The van der Waals surface area contributed by atoms with Crippen LogP contribution in [-0.4, -0.2) is 39.7 Å². The van der Waals surface area contributed by atoms with Crippen molar-refractivity contribution in [2.24, 2.45) is 5.92 Å².